The molecule has 0 saturated heterocycles. The van der Waals surface area contributed by atoms with Crippen molar-refractivity contribution in [2.24, 2.45) is 12.2 Å². The smallest absolute Gasteiger partial charge is 0.368 e. The van der Waals surface area contributed by atoms with Gasteiger partial charge in [0.15, 0.2) is 0 Å². The number of aryl methyl sites for hydroxylation is 3. The van der Waals surface area contributed by atoms with Crippen LogP contribution < -0.4 is 10.4 Å². The summed E-state index contributed by atoms with van der Waals surface area (Å²) in [7, 11) is 1.57. The highest BCUT2D eigenvalue weighted by Gasteiger charge is 2.14. The lowest BCUT2D eigenvalue weighted by atomic mass is 10.1. The van der Waals surface area contributed by atoms with Crippen molar-refractivity contribution in [1.29, 1.82) is 0 Å². The number of benzene rings is 3. The molecule has 0 atom stereocenters. The van der Waals surface area contributed by atoms with Gasteiger partial charge in [0, 0.05) is 17.6 Å². The van der Waals surface area contributed by atoms with Crippen LogP contribution in [-0.2, 0) is 25.1 Å². The standard InChI is InChI=1S/C26H26ClN5O3/c1-17-7-5-10-24(32-26(33)31(4)29-30-32)23(17)16-34-25-12-11-21(13-18(25)2)19(3)28-35-15-20-8-6-9-22(27)14-20/h5-14H,15-16H2,1-4H3. The minimum Gasteiger partial charge on any atom is -0.489 e. The Hall–Kier alpha value is -3.91. The Morgan fingerprint density at radius 2 is 1.80 bits per heavy atom. The first kappa shape index (κ1) is 24.2. The Kier molecular flexibility index (Phi) is 7.31. The number of ether oxygens (including phenoxy) is 1. The van der Waals surface area contributed by atoms with Crippen LogP contribution in [0.2, 0.25) is 5.02 Å². The van der Waals surface area contributed by atoms with Gasteiger partial charge in [-0.3, -0.25) is 0 Å². The summed E-state index contributed by atoms with van der Waals surface area (Å²) in [4.78, 5) is 17.9. The number of halogens is 1. The van der Waals surface area contributed by atoms with Crippen LogP contribution in [0, 0.1) is 13.8 Å². The Balaban J connectivity index is 1.46. The molecule has 0 bridgehead atoms. The molecule has 0 radical (unpaired) electrons. The maximum absolute atomic E-state index is 12.4. The maximum Gasteiger partial charge on any atom is 0.368 e. The molecule has 35 heavy (non-hydrogen) atoms. The van der Waals surface area contributed by atoms with Crippen LogP contribution in [0.25, 0.3) is 5.69 Å². The summed E-state index contributed by atoms with van der Waals surface area (Å²) in [6.45, 7) is 6.46. The molecule has 4 rings (SSSR count). The van der Waals surface area contributed by atoms with Gasteiger partial charge < -0.3 is 9.57 Å². The first-order chi connectivity index (χ1) is 16.8. The molecular formula is C26H26ClN5O3. The van der Waals surface area contributed by atoms with Gasteiger partial charge in [-0.05, 0) is 89.8 Å². The number of aromatic nitrogens is 4. The minimum atomic E-state index is -0.315. The van der Waals surface area contributed by atoms with Crippen molar-refractivity contribution in [2.45, 2.75) is 34.0 Å². The van der Waals surface area contributed by atoms with Crippen molar-refractivity contribution in [3.63, 3.8) is 0 Å². The van der Waals surface area contributed by atoms with Crippen LogP contribution in [0.1, 0.15) is 34.7 Å². The number of hydrogen-bond acceptors (Lipinski definition) is 6. The Labute approximate surface area is 208 Å². The topological polar surface area (TPSA) is 83.5 Å². The highest BCUT2D eigenvalue weighted by molar-refractivity contribution is 6.30. The molecule has 3 aromatic carbocycles. The van der Waals surface area contributed by atoms with E-state index in [2.05, 4.69) is 15.6 Å². The molecule has 8 nitrogen and oxygen atoms in total. The van der Waals surface area contributed by atoms with Crippen LogP contribution in [-0.4, -0.2) is 25.5 Å². The highest BCUT2D eigenvalue weighted by Crippen LogP contribution is 2.24. The van der Waals surface area contributed by atoms with Crippen LogP contribution in [0.4, 0.5) is 0 Å². The molecule has 0 saturated carbocycles. The Bertz CT molecular complexity index is 1440. The summed E-state index contributed by atoms with van der Waals surface area (Å²) in [5.74, 6) is 0.738. The molecule has 1 aromatic heterocycles. The number of rotatable bonds is 8. The SMILES string of the molecule is CC(=NOCc1cccc(Cl)c1)c1ccc(OCc2c(C)cccc2-n2nnn(C)c2=O)c(C)c1. The number of oxime groups is 1. The minimum absolute atomic E-state index is 0.279. The van der Waals surface area contributed by atoms with E-state index in [9.17, 15) is 4.79 Å². The van der Waals surface area contributed by atoms with Crippen LogP contribution in [0.5, 0.6) is 5.75 Å². The summed E-state index contributed by atoms with van der Waals surface area (Å²) >= 11 is 6.01. The van der Waals surface area contributed by atoms with E-state index >= 15 is 0 Å². The van der Waals surface area contributed by atoms with E-state index in [0.717, 1.165) is 39.3 Å². The van der Waals surface area contributed by atoms with E-state index in [4.69, 9.17) is 21.2 Å². The Morgan fingerprint density at radius 1 is 1.00 bits per heavy atom. The first-order valence-electron chi connectivity index (χ1n) is 11.1. The normalized spacial score (nSPS) is 11.5. The monoisotopic (exact) mass is 491 g/mol. The zero-order chi connectivity index (χ0) is 24.9. The van der Waals surface area contributed by atoms with Crippen molar-refractivity contribution in [1.82, 2.24) is 19.8 Å². The van der Waals surface area contributed by atoms with Crippen LogP contribution in [0.3, 0.4) is 0 Å². The third kappa shape index (κ3) is 5.60. The number of tetrazole rings is 1. The molecule has 0 amide bonds. The molecule has 4 aromatic rings. The van der Waals surface area contributed by atoms with Crippen molar-refractivity contribution in [3.05, 3.63) is 104 Å². The van der Waals surface area contributed by atoms with E-state index in [-0.39, 0.29) is 12.3 Å². The summed E-state index contributed by atoms with van der Waals surface area (Å²) < 4.78 is 8.62. The summed E-state index contributed by atoms with van der Waals surface area (Å²) in [6.07, 6.45) is 0. The molecule has 0 aliphatic rings. The summed E-state index contributed by atoms with van der Waals surface area (Å²) in [6, 6.07) is 19.0. The second kappa shape index (κ2) is 10.6. The fraction of sp³-hybridized carbons (Fsp3) is 0.231. The van der Waals surface area contributed by atoms with Gasteiger partial charge in [0.2, 0.25) is 0 Å². The van der Waals surface area contributed by atoms with E-state index < -0.39 is 0 Å². The molecule has 0 unspecified atom stereocenters. The van der Waals surface area contributed by atoms with Crippen molar-refractivity contribution in [2.75, 3.05) is 0 Å². The lowest BCUT2D eigenvalue weighted by Gasteiger charge is -2.15. The summed E-state index contributed by atoms with van der Waals surface area (Å²) in [5.41, 5.74) is 5.79. The third-order valence-corrected chi connectivity index (χ3v) is 5.86. The zero-order valence-electron chi connectivity index (χ0n) is 20.0. The van der Waals surface area contributed by atoms with E-state index in [1.54, 1.807) is 7.05 Å². The van der Waals surface area contributed by atoms with Crippen molar-refractivity contribution < 1.29 is 9.57 Å². The predicted octanol–water partition coefficient (Wildman–Crippen LogP) is 4.76. The van der Waals surface area contributed by atoms with Gasteiger partial charge in [0.1, 0.15) is 19.0 Å². The quantitative estimate of drug-likeness (QED) is 0.262. The molecule has 0 aliphatic heterocycles. The molecular weight excluding hydrogens is 466 g/mol. The lowest BCUT2D eigenvalue weighted by Crippen LogP contribution is -2.23. The predicted molar refractivity (Wildman–Crippen MR) is 135 cm³/mol. The van der Waals surface area contributed by atoms with Crippen LogP contribution >= 0.6 is 11.6 Å². The average molecular weight is 492 g/mol. The average Bonchev–Trinajstić information content (AvgIpc) is 3.16. The van der Waals surface area contributed by atoms with Gasteiger partial charge in [-0.25, -0.2) is 4.79 Å². The molecule has 0 aliphatic carbocycles. The number of hydrogen-bond donors (Lipinski definition) is 0. The van der Waals surface area contributed by atoms with Gasteiger partial charge in [0.05, 0.1) is 11.4 Å². The number of nitrogens with zero attached hydrogens (tertiary/aromatic N) is 5. The van der Waals surface area contributed by atoms with Crippen molar-refractivity contribution in [3.8, 4) is 11.4 Å². The van der Waals surface area contributed by atoms with Gasteiger partial charge in [-0.2, -0.15) is 9.36 Å². The first-order valence-corrected chi connectivity index (χ1v) is 11.4. The molecule has 9 heteroatoms. The van der Waals surface area contributed by atoms with Gasteiger partial charge in [-0.15, -0.1) is 0 Å². The maximum atomic E-state index is 12.4. The second-order valence-corrected chi connectivity index (χ2v) is 8.65. The molecule has 180 valence electrons. The van der Waals surface area contributed by atoms with Gasteiger partial charge in [0.25, 0.3) is 0 Å². The molecule has 1 heterocycles. The summed E-state index contributed by atoms with van der Waals surface area (Å²) in [5, 5.41) is 12.7. The molecule has 0 spiro atoms. The fourth-order valence-corrected chi connectivity index (χ4v) is 3.82. The zero-order valence-corrected chi connectivity index (χ0v) is 20.8. The lowest BCUT2D eigenvalue weighted by molar-refractivity contribution is 0.130. The van der Waals surface area contributed by atoms with Gasteiger partial charge >= 0.3 is 5.69 Å². The molecule has 0 N–H and O–H groups in total. The second-order valence-electron chi connectivity index (χ2n) is 8.22. The van der Waals surface area contributed by atoms with E-state index in [1.165, 1.54) is 9.36 Å². The largest absolute Gasteiger partial charge is 0.489 e. The van der Waals surface area contributed by atoms with E-state index in [0.29, 0.717) is 17.3 Å². The molecule has 0 fully saturated rings. The Morgan fingerprint density at radius 3 is 2.51 bits per heavy atom. The van der Waals surface area contributed by atoms with E-state index in [1.807, 2.05) is 81.4 Å². The fourth-order valence-electron chi connectivity index (χ4n) is 3.61. The highest BCUT2D eigenvalue weighted by atomic mass is 35.5. The van der Waals surface area contributed by atoms with Crippen LogP contribution in [0.15, 0.2) is 70.6 Å². The van der Waals surface area contributed by atoms with Gasteiger partial charge in [-0.1, -0.05) is 41.0 Å². The third-order valence-electron chi connectivity index (χ3n) is 5.62. The van der Waals surface area contributed by atoms with Crippen molar-refractivity contribution >= 4 is 17.3 Å².